The summed E-state index contributed by atoms with van der Waals surface area (Å²) >= 11 is 0. The normalized spacial score (nSPS) is 15.2. The van der Waals surface area contributed by atoms with E-state index in [1.54, 1.807) is 10.7 Å². The first-order chi connectivity index (χ1) is 14.0. The molecule has 1 aromatic carbocycles. The van der Waals surface area contributed by atoms with Crippen LogP contribution in [-0.2, 0) is 6.54 Å². The van der Waals surface area contributed by atoms with Gasteiger partial charge in [0.1, 0.15) is 5.56 Å². The Morgan fingerprint density at radius 3 is 2.76 bits per heavy atom. The largest absolute Gasteiger partial charge is 0.322 e. The Kier molecular flexibility index (Phi) is 5.62. The smallest absolute Gasteiger partial charge is 0.261 e. The Labute approximate surface area is 171 Å². The van der Waals surface area contributed by atoms with Gasteiger partial charge in [-0.05, 0) is 51.4 Å². The first-order valence-corrected chi connectivity index (χ1v) is 10.4. The van der Waals surface area contributed by atoms with E-state index in [0.717, 1.165) is 29.2 Å². The number of hydrogen-bond donors (Lipinski definition) is 1. The van der Waals surface area contributed by atoms with Crippen molar-refractivity contribution in [2.45, 2.75) is 58.5 Å². The van der Waals surface area contributed by atoms with Crippen molar-refractivity contribution in [3.8, 4) is 0 Å². The number of carbonyl (C=O) groups is 1. The van der Waals surface area contributed by atoms with Crippen LogP contribution in [0.4, 0.5) is 5.69 Å². The molecule has 0 bridgehead atoms. The van der Waals surface area contributed by atoms with Crippen LogP contribution in [0.1, 0.15) is 59.4 Å². The molecule has 4 rings (SSSR count). The summed E-state index contributed by atoms with van der Waals surface area (Å²) in [7, 11) is 2.19. The molecule has 1 aliphatic rings. The molecule has 0 atom stereocenters. The van der Waals surface area contributed by atoms with Crippen LogP contribution in [0.5, 0.6) is 0 Å². The summed E-state index contributed by atoms with van der Waals surface area (Å²) < 4.78 is 1.71. The van der Waals surface area contributed by atoms with Gasteiger partial charge in [-0.15, -0.1) is 0 Å². The van der Waals surface area contributed by atoms with Crippen LogP contribution in [0.25, 0.3) is 5.65 Å². The highest BCUT2D eigenvalue weighted by Crippen LogP contribution is 2.25. The predicted molar refractivity (Wildman–Crippen MR) is 115 cm³/mol. The van der Waals surface area contributed by atoms with Crippen LogP contribution in [0.15, 0.2) is 36.5 Å². The van der Waals surface area contributed by atoms with Crippen LogP contribution in [-0.4, -0.2) is 38.5 Å². The lowest BCUT2D eigenvalue weighted by Gasteiger charge is -2.31. The molecule has 0 spiro atoms. The van der Waals surface area contributed by atoms with E-state index in [1.165, 1.54) is 32.1 Å². The quantitative estimate of drug-likeness (QED) is 0.702. The lowest BCUT2D eigenvalue weighted by Crippen LogP contribution is -2.33. The van der Waals surface area contributed by atoms with Crippen molar-refractivity contribution in [2.75, 3.05) is 12.4 Å². The van der Waals surface area contributed by atoms with E-state index in [9.17, 15) is 4.79 Å². The van der Waals surface area contributed by atoms with E-state index in [2.05, 4.69) is 33.4 Å². The number of anilines is 1. The Hall–Kier alpha value is -2.73. The molecular formula is C23H29N5O. The number of carbonyl (C=O) groups excluding carboxylic acids is 1. The number of para-hydroxylation sites is 1. The minimum absolute atomic E-state index is 0.176. The number of amides is 1. The summed E-state index contributed by atoms with van der Waals surface area (Å²) in [5, 5.41) is 7.43. The van der Waals surface area contributed by atoms with Crippen molar-refractivity contribution in [1.82, 2.24) is 19.5 Å². The fourth-order valence-corrected chi connectivity index (χ4v) is 4.32. The number of benzene rings is 1. The highest BCUT2D eigenvalue weighted by Gasteiger charge is 2.20. The maximum absolute atomic E-state index is 13.0. The summed E-state index contributed by atoms with van der Waals surface area (Å²) in [5.74, 6) is -0.176. The van der Waals surface area contributed by atoms with Crippen LogP contribution >= 0.6 is 0 Å². The molecule has 6 nitrogen and oxygen atoms in total. The topological polar surface area (TPSA) is 62.5 Å². The van der Waals surface area contributed by atoms with Crippen molar-refractivity contribution in [3.05, 3.63) is 59.0 Å². The average molecular weight is 392 g/mol. The second-order valence-electron chi connectivity index (χ2n) is 8.15. The molecule has 0 unspecified atom stereocenters. The van der Waals surface area contributed by atoms with Gasteiger partial charge in [-0.1, -0.05) is 37.5 Å². The summed E-state index contributed by atoms with van der Waals surface area (Å²) in [6.07, 6.45) is 8.10. The Balaban J connectivity index is 1.55. The number of fused-ring (bicyclic) bond motifs is 1. The molecule has 1 amide bonds. The number of aryl methyl sites for hydroxylation is 2. The van der Waals surface area contributed by atoms with Crippen LogP contribution in [0, 0.1) is 13.8 Å². The Morgan fingerprint density at radius 1 is 1.21 bits per heavy atom. The molecule has 0 saturated heterocycles. The summed E-state index contributed by atoms with van der Waals surface area (Å²) in [6, 6.07) is 10.6. The van der Waals surface area contributed by atoms with Crippen LogP contribution < -0.4 is 5.32 Å². The van der Waals surface area contributed by atoms with E-state index in [4.69, 9.17) is 0 Å². The average Bonchev–Trinajstić information content (AvgIpc) is 3.14. The van der Waals surface area contributed by atoms with Crippen molar-refractivity contribution < 1.29 is 4.79 Å². The number of nitrogens with one attached hydrogen (secondary N) is 1. The number of hydrogen-bond acceptors (Lipinski definition) is 4. The Bertz CT molecular complexity index is 1020. The molecule has 1 saturated carbocycles. The molecule has 1 N–H and O–H groups in total. The fourth-order valence-electron chi connectivity index (χ4n) is 4.32. The number of aromatic nitrogens is 3. The molecule has 152 valence electrons. The predicted octanol–water partition coefficient (Wildman–Crippen LogP) is 4.36. The number of nitrogens with zero attached hydrogens (tertiary/aromatic N) is 4. The van der Waals surface area contributed by atoms with Crippen LogP contribution in [0.3, 0.4) is 0 Å². The maximum Gasteiger partial charge on any atom is 0.261 e. The molecule has 3 aromatic rings. The lowest BCUT2D eigenvalue weighted by molar-refractivity contribution is 0.102. The van der Waals surface area contributed by atoms with Gasteiger partial charge in [-0.3, -0.25) is 9.69 Å². The monoisotopic (exact) mass is 391 g/mol. The van der Waals surface area contributed by atoms with Gasteiger partial charge >= 0.3 is 0 Å². The fraction of sp³-hybridized carbons (Fsp3) is 0.435. The van der Waals surface area contributed by atoms with Gasteiger partial charge in [0, 0.05) is 29.7 Å². The molecule has 29 heavy (non-hydrogen) atoms. The molecule has 2 aromatic heterocycles. The third-order valence-electron chi connectivity index (χ3n) is 5.91. The number of rotatable bonds is 5. The molecular weight excluding hydrogens is 362 g/mol. The van der Waals surface area contributed by atoms with Crippen molar-refractivity contribution in [1.29, 1.82) is 0 Å². The summed E-state index contributed by atoms with van der Waals surface area (Å²) in [6.45, 7) is 4.72. The van der Waals surface area contributed by atoms with Crippen molar-refractivity contribution in [3.63, 3.8) is 0 Å². The van der Waals surface area contributed by atoms with Crippen molar-refractivity contribution in [2.24, 2.45) is 0 Å². The van der Waals surface area contributed by atoms with Gasteiger partial charge in [0.15, 0.2) is 5.65 Å². The Morgan fingerprint density at radius 2 is 1.97 bits per heavy atom. The molecule has 6 heteroatoms. The van der Waals surface area contributed by atoms with Crippen LogP contribution in [0.2, 0.25) is 0 Å². The summed E-state index contributed by atoms with van der Waals surface area (Å²) in [4.78, 5) is 20.0. The SMILES string of the molecule is Cc1cc(C)n2ncc(C(=O)Nc3ccccc3CN(C)C3CCCCC3)c2n1. The van der Waals surface area contributed by atoms with E-state index < -0.39 is 0 Å². The minimum Gasteiger partial charge on any atom is -0.322 e. The first kappa shape index (κ1) is 19.6. The zero-order chi connectivity index (χ0) is 20.4. The van der Waals surface area contributed by atoms with Gasteiger partial charge in [-0.25, -0.2) is 9.50 Å². The van der Waals surface area contributed by atoms with Gasteiger partial charge in [0.05, 0.1) is 6.20 Å². The van der Waals surface area contributed by atoms with Gasteiger partial charge in [0.25, 0.3) is 5.91 Å². The first-order valence-electron chi connectivity index (χ1n) is 10.4. The molecule has 0 aliphatic heterocycles. The molecule has 2 heterocycles. The zero-order valence-corrected chi connectivity index (χ0v) is 17.5. The molecule has 1 aliphatic carbocycles. The standard InChI is InChI=1S/C23H29N5O/c1-16-13-17(2)28-22(25-16)20(14-24-28)23(29)26-21-12-8-7-9-18(21)15-27(3)19-10-5-4-6-11-19/h7-9,12-14,19H,4-6,10-11,15H2,1-3H3,(H,26,29). The zero-order valence-electron chi connectivity index (χ0n) is 17.5. The second kappa shape index (κ2) is 8.33. The molecule has 1 fully saturated rings. The third-order valence-corrected chi connectivity index (χ3v) is 5.91. The highest BCUT2D eigenvalue weighted by molar-refractivity contribution is 6.08. The van der Waals surface area contributed by atoms with E-state index in [1.807, 2.05) is 38.1 Å². The highest BCUT2D eigenvalue weighted by atomic mass is 16.1. The summed E-state index contributed by atoms with van der Waals surface area (Å²) in [5.41, 5.74) is 4.90. The van der Waals surface area contributed by atoms with E-state index in [0.29, 0.717) is 17.3 Å². The lowest BCUT2D eigenvalue weighted by atomic mass is 9.94. The molecule has 0 radical (unpaired) electrons. The van der Waals surface area contributed by atoms with E-state index in [-0.39, 0.29) is 5.91 Å². The van der Waals surface area contributed by atoms with Crippen molar-refractivity contribution >= 4 is 17.2 Å². The van der Waals surface area contributed by atoms with Gasteiger partial charge in [0.2, 0.25) is 0 Å². The van der Waals surface area contributed by atoms with Gasteiger partial charge in [-0.2, -0.15) is 5.10 Å². The second-order valence-corrected chi connectivity index (χ2v) is 8.15. The maximum atomic E-state index is 13.0. The van der Waals surface area contributed by atoms with Gasteiger partial charge < -0.3 is 5.32 Å². The minimum atomic E-state index is -0.176. The third kappa shape index (κ3) is 4.17. The van der Waals surface area contributed by atoms with E-state index >= 15 is 0 Å².